The van der Waals surface area contributed by atoms with Crippen LogP contribution in [0.1, 0.15) is 0 Å². The van der Waals surface area contributed by atoms with Crippen LogP contribution in [0.5, 0.6) is 5.88 Å². The molecule has 0 unspecified atom stereocenters. The van der Waals surface area contributed by atoms with Crippen molar-refractivity contribution in [3.63, 3.8) is 0 Å². The van der Waals surface area contributed by atoms with Crippen LogP contribution in [0.2, 0.25) is 0 Å². The van der Waals surface area contributed by atoms with Crippen LogP contribution in [-0.4, -0.2) is 4.98 Å². The van der Waals surface area contributed by atoms with E-state index in [9.17, 15) is 5.11 Å². The number of aromatic nitrogens is 1. The Hall–Kier alpha value is 0.0143. The summed E-state index contributed by atoms with van der Waals surface area (Å²) in [6.45, 7) is 0. The molecule has 0 amide bonds. The Balaban J connectivity index is -0.000000360. The van der Waals surface area contributed by atoms with Gasteiger partial charge >= 0.3 is 21.7 Å². The van der Waals surface area contributed by atoms with Crippen LogP contribution >= 0.6 is 0 Å². The first-order valence-corrected chi connectivity index (χ1v) is 3.39. The summed E-state index contributed by atoms with van der Waals surface area (Å²) >= 11 is 0. The second-order valence-corrected chi connectivity index (χ2v) is 2.34. The van der Waals surface area contributed by atoms with E-state index in [1.807, 2.05) is 24.3 Å². The van der Waals surface area contributed by atoms with E-state index < -0.39 is 0 Å². The SMILES string of the molecule is [Cl-].[Cl-].[Cl-].[O-]c1ccc2ccccc2n1.[Ti+4]. The Kier molecular flexibility index (Phi) is 12.6. The van der Waals surface area contributed by atoms with Crippen LogP contribution in [0.25, 0.3) is 10.9 Å². The Bertz CT molecular complexity index is 400. The number of nitrogens with zero attached hydrogens (tertiary/aromatic N) is 1. The van der Waals surface area contributed by atoms with Crippen molar-refractivity contribution >= 4 is 10.9 Å². The van der Waals surface area contributed by atoms with E-state index in [-0.39, 0.29) is 64.8 Å². The second-order valence-electron chi connectivity index (χ2n) is 2.34. The Morgan fingerprint density at radius 3 is 2.13 bits per heavy atom. The molecule has 2 rings (SSSR count). The van der Waals surface area contributed by atoms with Crippen LogP contribution in [0, 0.1) is 0 Å². The molecular formula is C9H6Cl3NOTi. The fourth-order valence-corrected chi connectivity index (χ4v) is 1.05. The molecule has 0 atom stereocenters. The van der Waals surface area contributed by atoms with Gasteiger partial charge in [-0.1, -0.05) is 30.3 Å². The number of para-hydroxylation sites is 1. The Labute approximate surface area is 122 Å². The normalized spacial score (nSPS) is 7.47. The maximum atomic E-state index is 10.8. The van der Waals surface area contributed by atoms with Gasteiger partial charge in [0.1, 0.15) is 0 Å². The quantitative estimate of drug-likeness (QED) is 0.453. The summed E-state index contributed by atoms with van der Waals surface area (Å²) in [5.41, 5.74) is 0.764. The summed E-state index contributed by atoms with van der Waals surface area (Å²) in [5, 5.41) is 11.8. The van der Waals surface area contributed by atoms with E-state index >= 15 is 0 Å². The van der Waals surface area contributed by atoms with Gasteiger partial charge in [-0.2, -0.15) is 0 Å². The van der Waals surface area contributed by atoms with Gasteiger partial charge in [0, 0.05) is 5.39 Å². The van der Waals surface area contributed by atoms with E-state index in [1.165, 1.54) is 6.07 Å². The Morgan fingerprint density at radius 2 is 1.47 bits per heavy atom. The molecule has 0 spiro atoms. The zero-order valence-electron chi connectivity index (χ0n) is 7.45. The maximum Gasteiger partial charge on any atom is 4.00 e. The molecule has 2 nitrogen and oxygen atoms in total. The van der Waals surface area contributed by atoms with Gasteiger partial charge in [-0.3, -0.25) is 4.98 Å². The van der Waals surface area contributed by atoms with Crippen LogP contribution in [-0.2, 0) is 21.7 Å². The van der Waals surface area contributed by atoms with E-state index in [0.29, 0.717) is 0 Å². The number of benzene rings is 1. The molecule has 1 aromatic carbocycles. The summed E-state index contributed by atoms with van der Waals surface area (Å²) in [6, 6.07) is 10.8. The molecular weight excluding hydrogens is 292 g/mol. The number of halogens is 3. The topological polar surface area (TPSA) is 36.0 Å². The van der Waals surface area contributed by atoms with Gasteiger partial charge < -0.3 is 42.3 Å². The summed E-state index contributed by atoms with van der Waals surface area (Å²) < 4.78 is 0. The molecule has 6 heteroatoms. The minimum absolute atomic E-state index is 0. The summed E-state index contributed by atoms with van der Waals surface area (Å²) in [4.78, 5) is 3.82. The zero-order chi connectivity index (χ0) is 7.68. The van der Waals surface area contributed by atoms with Gasteiger partial charge in [-0.05, 0) is 11.9 Å². The molecule has 0 aliphatic carbocycles. The van der Waals surface area contributed by atoms with Crippen molar-refractivity contribution in [2.45, 2.75) is 0 Å². The second kappa shape index (κ2) is 9.26. The third-order valence-corrected chi connectivity index (χ3v) is 1.57. The fraction of sp³-hybridized carbons (Fsp3) is 0. The summed E-state index contributed by atoms with van der Waals surface area (Å²) in [6.07, 6.45) is 0. The van der Waals surface area contributed by atoms with Gasteiger partial charge in [-0.15, -0.1) is 0 Å². The molecule has 0 fully saturated rings. The van der Waals surface area contributed by atoms with Gasteiger partial charge in [-0.25, -0.2) is 0 Å². The molecule has 0 saturated carbocycles. The third kappa shape index (κ3) is 5.05. The number of fused-ring (bicyclic) bond motifs is 1. The standard InChI is InChI=1S/C9H7NO.3ClH.Ti/c11-9-6-5-7-3-1-2-4-8(7)10-9;;;;/h1-6H,(H,10,11);3*1H;/q;;;;+4/p-4. The first-order valence-electron chi connectivity index (χ1n) is 3.39. The molecule has 0 aliphatic rings. The van der Waals surface area contributed by atoms with E-state index in [2.05, 4.69) is 4.98 Å². The molecule has 0 aliphatic heterocycles. The van der Waals surface area contributed by atoms with Crippen molar-refractivity contribution in [3.05, 3.63) is 36.4 Å². The first kappa shape index (κ1) is 20.4. The average molecular weight is 298 g/mol. The van der Waals surface area contributed by atoms with Gasteiger partial charge in [0.05, 0.1) is 5.52 Å². The molecule has 0 saturated heterocycles. The summed E-state index contributed by atoms with van der Waals surface area (Å²) in [7, 11) is 0. The van der Waals surface area contributed by atoms with Gasteiger partial charge in [0.2, 0.25) is 0 Å². The fourth-order valence-electron chi connectivity index (χ4n) is 1.05. The molecule has 2 aromatic rings. The minimum atomic E-state index is -0.177. The number of pyridine rings is 1. The van der Waals surface area contributed by atoms with Crippen molar-refractivity contribution in [1.82, 2.24) is 4.98 Å². The monoisotopic (exact) mass is 297 g/mol. The van der Waals surface area contributed by atoms with Crippen molar-refractivity contribution in [1.29, 1.82) is 0 Å². The average Bonchev–Trinajstić information content (AvgIpc) is 2.04. The zero-order valence-corrected chi connectivity index (χ0v) is 11.3. The Morgan fingerprint density at radius 1 is 0.867 bits per heavy atom. The predicted molar refractivity (Wildman–Crippen MR) is 41.2 cm³/mol. The van der Waals surface area contributed by atoms with Crippen LogP contribution < -0.4 is 42.3 Å². The predicted octanol–water partition coefficient (Wildman–Crippen LogP) is -7.68. The van der Waals surface area contributed by atoms with E-state index in [1.54, 1.807) is 6.07 Å². The maximum absolute atomic E-state index is 10.8. The number of hydrogen-bond donors (Lipinski definition) is 0. The van der Waals surface area contributed by atoms with Crippen molar-refractivity contribution in [2.24, 2.45) is 0 Å². The largest absolute Gasteiger partial charge is 4.00 e. The molecule has 1 heterocycles. The number of hydrogen-bond acceptors (Lipinski definition) is 2. The number of rotatable bonds is 0. The van der Waals surface area contributed by atoms with Crippen molar-refractivity contribution < 1.29 is 64.0 Å². The van der Waals surface area contributed by atoms with Crippen molar-refractivity contribution in [2.75, 3.05) is 0 Å². The molecule has 0 bridgehead atoms. The van der Waals surface area contributed by atoms with Crippen molar-refractivity contribution in [3.8, 4) is 5.88 Å². The molecule has 0 radical (unpaired) electrons. The summed E-state index contributed by atoms with van der Waals surface area (Å²) in [5.74, 6) is -0.177. The van der Waals surface area contributed by atoms with Gasteiger partial charge in [0.15, 0.2) is 0 Å². The smallest absolute Gasteiger partial charge is 1.00 e. The third-order valence-electron chi connectivity index (χ3n) is 1.57. The van der Waals surface area contributed by atoms with E-state index in [0.717, 1.165) is 10.9 Å². The first-order chi connectivity index (χ1) is 5.36. The molecule has 78 valence electrons. The molecule has 0 N–H and O–H groups in total. The minimum Gasteiger partial charge on any atom is -1.00 e. The molecule has 15 heavy (non-hydrogen) atoms. The van der Waals surface area contributed by atoms with Gasteiger partial charge in [0.25, 0.3) is 0 Å². The van der Waals surface area contributed by atoms with Crippen LogP contribution in [0.4, 0.5) is 0 Å². The van der Waals surface area contributed by atoms with Crippen LogP contribution in [0.3, 0.4) is 0 Å². The molecule has 1 aromatic heterocycles. The van der Waals surface area contributed by atoms with E-state index in [4.69, 9.17) is 0 Å². The van der Waals surface area contributed by atoms with Crippen LogP contribution in [0.15, 0.2) is 36.4 Å².